The fraction of sp³-hybridized carbons (Fsp3) is 0.391. The van der Waals surface area contributed by atoms with E-state index in [1.165, 1.54) is 19.3 Å². The first-order valence-corrected chi connectivity index (χ1v) is 12.0. The first-order chi connectivity index (χ1) is 14.2. The van der Waals surface area contributed by atoms with Crippen molar-refractivity contribution in [1.29, 1.82) is 0 Å². The summed E-state index contributed by atoms with van der Waals surface area (Å²) < 4.78 is 0. The topological polar surface area (TPSA) is 58.2 Å². The highest BCUT2D eigenvalue weighted by Gasteiger charge is 1.98. The van der Waals surface area contributed by atoms with Crippen molar-refractivity contribution in [1.82, 2.24) is 10.6 Å². The van der Waals surface area contributed by atoms with E-state index in [9.17, 15) is 9.59 Å². The third kappa shape index (κ3) is 11.4. The van der Waals surface area contributed by atoms with E-state index in [4.69, 9.17) is 0 Å². The largest absolute Gasteiger partial charge is 0.353 e. The van der Waals surface area contributed by atoms with E-state index >= 15 is 0 Å². The Kier molecular flexibility index (Phi) is 11.8. The van der Waals surface area contributed by atoms with Gasteiger partial charge in [-0.2, -0.15) is 0 Å². The number of hydrogen-bond acceptors (Lipinski definition) is 4. The lowest BCUT2D eigenvalue weighted by Gasteiger charge is -2.04. The fourth-order valence-electron chi connectivity index (χ4n) is 2.76. The van der Waals surface area contributed by atoms with Gasteiger partial charge in [0.15, 0.2) is 0 Å². The number of unbranched alkanes of at least 4 members (excludes halogenated alkanes) is 6. The van der Waals surface area contributed by atoms with E-state index in [1.54, 1.807) is 34.8 Å². The smallest absolute Gasteiger partial charge is 0.244 e. The van der Waals surface area contributed by atoms with Crippen LogP contribution < -0.4 is 10.6 Å². The van der Waals surface area contributed by atoms with Gasteiger partial charge in [0, 0.05) is 35.0 Å². The molecular formula is C23H30N2O2S2. The van der Waals surface area contributed by atoms with Crippen molar-refractivity contribution >= 4 is 46.6 Å². The van der Waals surface area contributed by atoms with Crippen LogP contribution in [0.2, 0.25) is 0 Å². The van der Waals surface area contributed by atoms with Crippen LogP contribution in [0.25, 0.3) is 12.2 Å². The predicted molar refractivity (Wildman–Crippen MR) is 125 cm³/mol. The molecule has 2 rings (SSSR count). The van der Waals surface area contributed by atoms with Crippen LogP contribution in [0.15, 0.2) is 47.2 Å². The van der Waals surface area contributed by atoms with Crippen LogP contribution in [-0.4, -0.2) is 24.9 Å². The maximum Gasteiger partial charge on any atom is 0.244 e. The number of nitrogens with one attached hydrogen (secondary N) is 2. The standard InChI is InChI=1S/C23H30N2O2S2/c26-22(14-12-20-10-8-18-28-20)24-16-6-4-2-1-3-5-7-17-25-23(27)15-13-21-11-9-19-29-21/h8-15,18-19H,1-7,16-17H2,(H,24,26)(H,25,27)/b14-12+,15-13+. The zero-order valence-electron chi connectivity index (χ0n) is 16.8. The van der Waals surface area contributed by atoms with E-state index in [1.807, 2.05) is 47.2 Å². The molecule has 29 heavy (non-hydrogen) atoms. The summed E-state index contributed by atoms with van der Waals surface area (Å²) in [5.41, 5.74) is 0. The summed E-state index contributed by atoms with van der Waals surface area (Å²) >= 11 is 3.24. The lowest BCUT2D eigenvalue weighted by molar-refractivity contribution is -0.117. The molecule has 156 valence electrons. The maximum absolute atomic E-state index is 11.7. The van der Waals surface area contributed by atoms with Crippen molar-refractivity contribution in [2.45, 2.75) is 44.9 Å². The van der Waals surface area contributed by atoms with Crippen LogP contribution in [-0.2, 0) is 9.59 Å². The first kappa shape index (κ1) is 23.1. The Morgan fingerprint density at radius 2 is 1.10 bits per heavy atom. The van der Waals surface area contributed by atoms with Crippen LogP contribution in [0.1, 0.15) is 54.7 Å². The molecule has 0 atom stereocenters. The number of carbonyl (C=O) groups excluding carboxylic acids is 2. The van der Waals surface area contributed by atoms with Gasteiger partial charge in [0.1, 0.15) is 0 Å². The molecule has 0 aliphatic heterocycles. The summed E-state index contributed by atoms with van der Waals surface area (Å²) in [6, 6.07) is 7.93. The predicted octanol–water partition coefficient (Wildman–Crippen LogP) is 5.50. The summed E-state index contributed by atoms with van der Waals surface area (Å²) in [5.74, 6) is -0.0450. The van der Waals surface area contributed by atoms with Gasteiger partial charge in [-0.1, -0.05) is 44.2 Å². The molecule has 0 unspecified atom stereocenters. The van der Waals surface area contributed by atoms with Gasteiger partial charge in [-0.25, -0.2) is 0 Å². The molecule has 0 fully saturated rings. The van der Waals surface area contributed by atoms with E-state index in [0.717, 1.165) is 48.5 Å². The van der Waals surface area contributed by atoms with E-state index < -0.39 is 0 Å². The molecule has 0 spiro atoms. The van der Waals surface area contributed by atoms with Gasteiger partial charge in [0.05, 0.1) is 0 Å². The molecule has 6 heteroatoms. The number of amides is 2. The Hall–Kier alpha value is -2.18. The van der Waals surface area contributed by atoms with E-state index in [0.29, 0.717) is 0 Å². The third-order valence-electron chi connectivity index (χ3n) is 4.34. The summed E-state index contributed by atoms with van der Waals surface area (Å²) in [6.07, 6.45) is 14.8. The quantitative estimate of drug-likeness (QED) is 0.307. The molecule has 2 amide bonds. The molecule has 2 heterocycles. The van der Waals surface area contributed by atoms with Crippen molar-refractivity contribution in [2.75, 3.05) is 13.1 Å². The normalized spacial score (nSPS) is 11.3. The molecule has 0 aliphatic carbocycles. The molecule has 4 nitrogen and oxygen atoms in total. The molecule has 2 aromatic heterocycles. The number of thiophene rings is 2. The summed E-state index contributed by atoms with van der Waals surface area (Å²) in [4.78, 5) is 25.6. The lowest BCUT2D eigenvalue weighted by Crippen LogP contribution is -2.22. The second-order valence-electron chi connectivity index (χ2n) is 6.75. The Balaban J connectivity index is 1.35. The van der Waals surface area contributed by atoms with Crippen molar-refractivity contribution in [3.63, 3.8) is 0 Å². The molecule has 0 saturated carbocycles. The van der Waals surface area contributed by atoms with Crippen molar-refractivity contribution < 1.29 is 9.59 Å². The highest BCUT2D eigenvalue weighted by Crippen LogP contribution is 2.11. The first-order valence-electron chi connectivity index (χ1n) is 10.2. The SMILES string of the molecule is O=C(/C=C/c1cccs1)NCCCCCCCCCNC(=O)/C=C/c1cccs1. The number of hydrogen-bond donors (Lipinski definition) is 2. The Morgan fingerprint density at radius 1 is 0.690 bits per heavy atom. The van der Waals surface area contributed by atoms with Gasteiger partial charge in [0.25, 0.3) is 0 Å². The van der Waals surface area contributed by atoms with Crippen molar-refractivity contribution in [2.24, 2.45) is 0 Å². The molecular weight excluding hydrogens is 400 g/mol. The van der Waals surface area contributed by atoms with Crippen LogP contribution in [0.3, 0.4) is 0 Å². The van der Waals surface area contributed by atoms with Crippen LogP contribution in [0.5, 0.6) is 0 Å². The summed E-state index contributed by atoms with van der Waals surface area (Å²) in [5, 5.41) is 9.85. The highest BCUT2D eigenvalue weighted by atomic mass is 32.1. The monoisotopic (exact) mass is 430 g/mol. The van der Waals surface area contributed by atoms with Gasteiger partial charge in [-0.15, -0.1) is 22.7 Å². The minimum absolute atomic E-state index is 0.0225. The minimum atomic E-state index is -0.0225. The second-order valence-corrected chi connectivity index (χ2v) is 8.71. The summed E-state index contributed by atoms with van der Waals surface area (Å²) in [6.45, 7) is 1.47. The minimum Gasteiger partial charge on any atom is -0.353 e. The van der Waals surface area contributed by atoms with Crippen molar-refractivity contribution in [3.8, 4) is 0 Å². The van der Waals surface area contributed by atoms with Crippen LogP contribution in [0, 0.1) is 0 Å². The molecule has 2 aromatic rings. The van der Waals surface area contributed by atoms with Crippen molar-refractivity contribution in [3.05, 3.63) is 56.9 Å². The zero-order valence-corrected chi connectivity index (χ0v) is 18.4. The average molecular weight is 431 g/mol. The molecule has 0 aliphatic rings. The van der Waals surface area contributed by atoms with Gasteiger partial charge in [0.2, 0.25) is 11.8 Å². The average Bonchev–Trinajstić information content (AvgIpc) is 3.43. The number of rotatable bonds is 14. The Labute approximate surface area is 181 Å². The molecule has 0 aromatic carbocycles. The maximum atomic E-state index is 11.7. The van der Waals surface area contributed by atoms with E-state index in [-0.39, 0.29) is 11.8 Å². The van der Waals surface area contributed by atoms with Crippen LogP contribution >= 0.6 is 22.7 Å². The highest BCUT2D eigenvalue weighted by molar-refractivity contribution is 7.11. The second kappa shape index (κ2) is 14.8. The Morgan fingerprint density at radius 3 is 1.48 bits per heavy atom. The van der Waals surface area contributed by atoms with Gasteiger partial charge in [-0.05, 0) is 47.9 Å². The fourth-order valence-corrected chi connectivity index (χ4v) is 4.00. The molecule has 0 bridgehead atoms. The third-order valence-corrected chi connectivity index (χ3v) is 6.01. The van der Waals surface area contributed by atoms with Gasteiger partial charge >= 0.3 is 0 Å². The zero-order chi connectivity index (χ0) is 20.6. The van der Waals surface area contributed by atoms with Crippen LogP contribution in [0.4, 0.5) is 0 Å². The van der Waals surface area contributed by atoms with Gasteiger partial charge in [-0.3, -0.25) is 9.59 Å². The van der Waals surface area contributed by atoms with E-state index in [2.05, 4.69) is 10.6 Å². The molecule has 2 N–H and O–H groups in total. The Bertz CT molecular complexity index is 686. The molecule has 0 saturated heterocycles. The number of carbonyl (C=O) groups is 2. The lowest BCUT2D eigenvalue weighted by atomic mass is 10.1. The van der Waals surface area contributed by atoms with Gasteiger partial charge < -0.3 is 10.6 Å². The molecule has 0 radical (unpaired) electrons. The summed E-state index contributed by atoms with van der Waals surface area (Å²) in [7, 11) is 0.